The Bertz CT molecular complexity index is 798. The molecule has 0 heterocycles. The molecule has 0 radical (unpaired) electrons. The van der Waals surface area contributed by atoms with E-state index in [4.69, 9.17) is 11.0 Å². The van der Waals surface area contributed by atoms with Gasteiger partial charge in [-0.1, -0.05) is 6.07 Å². The third kappa shape index (κ3) is 2.87. The van der Waals surface area contributed by atoms with Crippen LogP contribution in [0.4, 0.5) is 15.8 Å². The molecule has 0 saturated carbocycles. The average Bonchev–Trinajstić information content (AvgIpc) is 2.40. The van der Waals surface area contributed by atoms with Crippen molar-refractivity contribution in [3.05, 3.63) is 53.8 Å². The molecular weight excluding hydrogens is 281 g/mol. The Kier molecular flexibility index (Phi) is 3.59. The van der Waals surface area contributed by atoms with E-state index in [1.54, 1.807) is 0 Å². The molecule has 0 aliphatic carbocycles. The van der Waals surface area contributed by atoms with Crippen LogP contribution >= 0.6 is 0 Å². The number of halogens is 1. The van der Waals surface area contributed by atoms with E-state index in [-0.39, 0.29) is 16.1 Å². The highest BCUT2D eigenvalue weighted by Gasteiger charge is 2.16. The average molecular weight is 291 g/mol. The fraction of sp³-hybridized carbons (Fsp3) is 0. The number of rotatable bonds is 3. The second kappa shape index (κ2) is 5.19. The number of hydrogen-bond donors (Lipinski definition) is 2. The second-order valence-electron chi connectivity index (χ2n) is 3.98. The minimum atomic E-state index is -3.96. The third-order valence-electron chi connectivity index (χ3n) is 2.51. The van der Waals surface area contributed by atoms with Crippen molar-refractivity contribution in [2.75, 3.05) is 10.5 Å². The van der Waals surface area contributed by atoms with Gasteiger partial charge in [0.1, 0.15) is 11.9 Å². The molecule has 2 aromatic rings. The predicted octanol–water partition coefficient (Wildman–Crippen LogP) is 2.08. The van der Waals surface area contributed by atoms with Gasteiger partial charge in [-0.15, -0.1) is 0 Å². The van der Waals surface area contributed by atoms with Crippen molar-refractivity contribution in [2.45, 2.75) is 4.90 Å². The minimum absolute atomic E-state index is 0.0879. The van der Waals surface area contributed by atoms with Crippen LogP contribution in [-0.2, 0) is 10.0 Å². The van der Waals surface area contributed by atoms with Gasteiger partial charge >= 0.3 is 0 Å². The Morgan fingerprint density at radius 1 is 1.20 bits per heavy atom. The lowest BCUT2D eigenvalue weighted by Crippen LogP contribution is -2.14. The summed E-state index contributed by atoms with van der Waals surface area (Å²) in [6.07, 6.45) is 0. The van der Waals surface area contributed by atoms with Crippen LogP contribution in [0, 0.1) is 17.1 Å². The highest BCUT2D eigenvalue weighted by molar-refractivity contribution is 7.92. The van der Waals surface area contributed by atoms with Crippen LogP contribution in [-0.4, -0.2) is 8.42 Å². The number of nitrogen functional groups attached to an aromatic ring is 1. The Balaban J connectivity index is 2.42. The molecular formula is C13H10FN3O2S. The van der Waals surface area contributed by atoms with E-state index in [0.717, 1.165) is 12.1 Å². The molecule has 2 rings (SSSR count). The van der Waals surface area contributed by atoms with Crippen LogP contribution in [0.15, 0.2) is 47.4 Å². The van der Waals surface area contributed by atoms with Crippen LogP contribution < -0.4 is 10.5 Å². The van der Waals surface area contributed by atoms with Gasteiger partial charge in [-0.05, 0) is 36.4 Å². The number of sulfonamides is 1. The fourth-order valence-corrected chi connectivity index (χ4v) is 2.69. The van der Waals surface area contributed by atoms with E-state index in [9.17, 15) is 12.8 Å². The van der Waals surface area contributed by atoms with Gasteiger partial charge in [-0.25, -0.2) is 12.8 Å². The van der Waals surface area contributed by atoms with E-state index < -0.39 is 15.8 Å². The zero-order valence-corrected chi connectivity index (χ0v) is 11.0. The molecule has 0 aliphatic heterocycles. The summed E-state index contributed by atoms with van der Waals surface area (Å²) in [6.45, 7) is 0. The van der Waals surface area contributed by atoms with Gasteiger partial charge in [-0.3, -0.25) is 4.72 Å². The smallest absolute Gasteiger partial charge is 0.262 e. The van der Waals surface area contributed by atoms with Crippen molar-refractivity contribution >= 4 is 21.4 Å². The summed E-state index contributed by atoms with van der Waals surface area (Å²) >= 11 is 0. The van der Waals surface area contributed by atoms with E-state index in [0.29, 0.717) is 5.69 Å². The first-order chi connectivity index (χ1) is 9.42. The van der Waals surface area contributed by atoms with Crippen LogP contribution in [0.2, 0.25) is 0 Å². The molecule has 3 N–H and O–H groups in total. The van der Waals surface area contributed by atoms with Crippen LogP contribution in [0.25, 0.3) is 0 Å². The Hall–Kier alpha value is -2.59. The number of nitrogens with one attached hydrogen (secondary N) is 1. The molecule has 0 saturated heterocycles. The van der Waals surface area contributed by atoms with E-state index >= 15 is 0 Å². The first kappa shape index (κ1) is 13.8. The Labute approximate surface area is 115 Å². The zero-order chi connectivity index (χ0) is 14.8. The highest BCUT2D eigenvalue weighted by Crippen LogP contribution is 2.22. The lowest BCUT2D eigenvalue weighted by Gasteiger charge is -2.10. The topological polar surface area (TPSA) is 96.0 Å². The molecule has 5 nitrogen and oxygen atoms in total. The van der Waals surface area contributed by atoms with Crippen molar-refractivity contribution in [1.82, 2.24) is 0 Å². The lowest BCUT2D eigenvalue weighted by atomic mass is 10.2. The van der Waals surface area contributed by atoms with Crippen LogP contribution in [0.3, 0.4) is 0 Å². The molecule has 2 aromatic carbocycles. The normalized spacial score (nSPS) is 10.8. The van der Waals surface area contributed by atoms with Crippen LogP contribution in [0.1, 0.15) is 5.56 Å². The lowest BCUT2D eigenvalue weighted by molar-refractivity contribution is 0.595. The maximum absolute atomic E-state index is 13.1. The summed E-state index contributed by atoms with van der Waals surface area (Å²) in [5, 5.41) is 8.95. The number of nitrogens with zero attached hydrogens (tertiary/aromatic N) is 1. The van der Waals surface area contributed by atoms with Gasteiger partial charge in [0.25, 0.3) is 10.0 Å². The summed E-state index contributed by atoms with van der Waals surface area (Å²) < 4.78 is 39.5. The largest absolute Gasteiger partial charge is 0.399 e. The predicted molar refractivity (Wildman–Crippen MR) is 72.8 cm³/mol. The van der Waals surface area contributed by atoms with Crippen molar-refractivity contribution < 1.29 is 12.8 Å². The molecule has 7 heteroatoms. The fourth-order valence-electron chi connectivity index (χ4n) is 1.58. The molecule has 0 fully saturated rings. The molecule has 0 aromatic heterocycles. The van der Waals surface area contributed by atoms with Gasteiger partial charge < -0.3 is 5.73 Å². The van der Waals surface area contributed by atoms with Gasteiger partial charge in [0.05, 0.1) is 16.1 Å². The first-order valence-electron chi connectivity index (χ1n) is 5.50. The summed E-state index contributed by atoms with van der Waals surface area (Å²) in [4.78, 5) is -0.224. The molecule has 0 amide bonds. The summed E-state index contributed by atoms with van der Waals surface area (Å²) in [7, 11) is -3.96. The number of benzene rings is 2. The molecule has 0 unspecified atom stereocenters. The minimum Gasteiger partial charge on any atom is -0.399 e. The maximum Gasteiger partial charge on any atom is 0.262 e. The van der Waals surface area contributed by atoms with Gasteiger partial charge in [0.15, 0.2) is 0 Å². The molecule has 102 valence electrons. The maximum atomic E-state index is 13.1. The molecule has 0 spiro atoms. The monoisotopic (exact) mass is 291 g/mol. The SMILES string of the molecule is N#Cc1cc(N)ccc1NS(=O)(=O)c1cccc(F)c1. The number of anilines is 2. The summed E-state index contributed by atoms with van der Waals surface area (Å²) in [5.74, 6) is -0.661. The van der Waals surface area contributed by atoms with Crippen molar-refractivity contribution in [3.63, 3.8) is 0 Å². The zero-order valence-electron chi connectivity index (χ0n) is 10.2. The Morgan fingerprint density at radius 2 is 1.95 bits per heavy atom. The van der Waals surface area contributed by atoms with E-state index in [1.165, 1.54) is 30.3 Å². The quantitative estimate of drug-likeness (QED) is 0.846. The van der Waals surface area contributed by atoms with E-state index in [2.05, 4.69) is 4.72 Å². The molecule has 0 atom stereocenters. The number of hydrogen-bond acceptors (Lipinski definition) is 4. The van der Waals surface area contributed by atoms with Crippen molar-refractivity contribution in [3.8, 4) is 6.07 Å². The highest BCUT2D eigenvalue weighted by atomic mass is 32.2. The molecule has 20 heavy (non-hydrogen) atoms. The van der Waals surface area contributed by atoms with Crippen molar-refractivity contribution in [1.29, 1.82) is 5.26 Å². The number of nitriles is 1. The third-order valence-corrected chi connectivity index (χ3v) is 3.88. The molecule has 0 aliphatic rings. The number of nitrogens with two attached hydrogens (primary N) is 1. The van der Waals surface area contributed by atoms with Crippen LogP contribution in [0.5, 0.6) is 0 Å². The first-order valence-corrected chi connectivity index (χ1v) is 6.99. The van der Waals surface area contributed by atoms with E-state index in [1.807, 2.05) is 6.07 Å². The summed E-state index contributed by atoms with van der Waals surface area (Å²) in [5.41, 5.74) is 6.04. The standard InChI is InChI=1S/C13H10FN3O2S/c14-10-2-1-3-12(7-10)20(18,19)17-13-5-4-11(16)6-9(13)8-15/h1-7,17H,16H2. The Morgan fingerprint density at radius 3 is 2.60 bits per heavy atom. The van der Waals surface area contributed by atoms with Gasteiger partial charge in [-0.2, -0.15) is 5.26 Å². The summed E-state index contributed by atoms with van der Waals surface area (Å²) in [6, 6.07) is 10.6. The van der Waals surface area contributed by atoms with Crippen molar-refractivity contribution in [2.24, 2.45) is 0 Å². The second-order valence-corrected chi connectivity index (χ2v) is 5.66. The van der Waals surface area contributed by atoms with Gasteiger partial charge in [0, 0.05) is 5.69 Å². The van der Waals surface area contributed by atoms with Gasteiger partial charge in [0.2, 0.25) is 0 Å². The molecule has 0 bridgehead atoms.